The molecule has 696 valence electrons. The van der Waals surface area contributed by atoms with Crippen LogP contribution < -0.4 is 31.4 Å². The van der Waals surface area contributed by atoms with Crippen molar-refractivity contribution >= 4 is 161 Å². The number of pyridine rings is 9. The second-order valence-electron chi connectivity index (χ2n) is 32.0. The summed E-state index contributed by atoms with van der Waals surface area (Å²) in [6, 6.07) is 15.2. The van der Waals surface area contributed by atoms with Gasteiger partial charge in [-0.1, -0.05) is 154 Å². The van der Waals surface area contributed by atoms with Crippen LogP contribution in [0.5, 0.6) is 17.2 Å². The number of fused-ring (bicyclic) bond motifs is 3. The van der Waals surface area contributed by atoms with Gasteiger partial charge in [0.2, 0.25) is 17.7 Å². The number of carbonyl (C=O) groups is 3. The first kappa shape index (κ1) is 99.4. The summed E-state index contributed by atoms with van der Waals surface area (Å²) >= 11 is 50.0. The lowest BCUT2D eigenvalue weighted by Gasteiger charge is -2.36. The van der Waals surface area contributed by atoms with Crippen molar-refractivity contribution in [2.24, 2.45) is 0 Å². The molecule has 135 heavy (non-hydrogen) atoms. The number of carbonyl (C=O) groups excluding carboxylic acids is 3. The Morgan fingerprint density at radius 2 is 0.637 bits per heavy atom. The zero-order valence-electron chi connectivity index (χ0n) is 72.8. The van der Waals surface area contributed by atoms with Crippen molar-refractivity contribution in [3.8, 4) is 86.3 Å². The molecule has 3 amide bonds. The van der Waals surface area contributed by atoms with Crippen LogP contribution in [-0.4, -0.2) is 170 Å². The van der Waals surface area contributed by atoms with E-state index >= 15 is 17.6 Å². The third kappa shape index (κ3) is 17.7. The summed E-state index contributed by atoms with van der Waals surface area (Å²) in [6.45, 7) is 30.2. The van der Waals surface area contributed by atoms with Crippen molar-refractivity contribution in [1.29, 1.82) is 15.8 Å². The van der Waals surface area contributed by atoms with Crippen LogP contribution in [0.2, 0.25) is 40.2 Å². The van der Waals surface area contributed by atoms with Gasteiger partial charge in [0.15, 0.2) is 58.0 Å². The van der Waals surface area contributed by atoms with Crippen LogP contribution in [0.1, 0.15) is 110 Å². The third-order valence-corrected chi connectivity index (χ3v) is 25.9. The van der Waals surface area contributed by atoms with Crippen molar-refractivity contribution < 1.29 is 60.4 Å². The molecule has 0 spiro atoms. The van der Waals surface area contributed by atoms with Gasteiger partial charge in [-0.3, -0.25) is 57.4 Å². The zero-order valence-corrected chi connectivity index (χ0v) is 78.8. The highest BCUT2D eigenvalue weighted by atomic mass is 35.5. The van der Waals surface area contributed by atoms with E-state index in [1.165, 1.54) is 45.6 Å². The minimum absolute atomic E-state index is 0.0357. The maximum atomic E-state index is 15.4. The molecule has 0 saturated carbocycles. The average molecular weight is 2010 g/mol. The highest BCUT2D eigenvalue weighted by Gasteiger charge is 2.39. The molecule has 42 heteroatoms. The van der Waals surface area contributed by atoms with Crippen LogP contribution >= 0.6 is 92.8 Å². The molecule has 0 unspecified atom stereocenters. The Morgan fingerprint density at radius 3 is 0.889 bits per heavy atom. The molecule has 12 heterocycles. The number of nitriles is 3. The molecule has 3 aromatic carbocycles. The molecule has 3 fully saturated rings. The number of benzene rings is 3. The standard InChI is InChI=1S/2C31H25Cl3F2N6O3.C31H25Cl2F3N6O3/c2*1-5-19(43)40-8-10-41(11-9-40)28-16-12-18(32)26(20-21(33)22(34)24(36)29(44)23(20)35)39-30(16)42(31(45)17(28)13-37)27-15(4)6-7-38-25(27)14(2)3;1-5-19(43)40-8-10-41(11-9-40)28-16-12-18(32)26(20-22(34)24(36)21(33)29(44)23(20)35)39-30(16)42(31(45)17(28)13-37)27-15(4)6-7-38-25(27)14(2)3/h3*5-7,12,14,44H,1,8-11H2,2-4H3. The van der Waals surface area contributed by atoms with Gasteiger partial charge in [0.1, 0.15) is 56.9 Å². The van der Waals surface area contributed by atoms with Crippen LogP contribution in [0.4, 0.5) is 47.8 Å². The Hall–Kier alpha value is -13.1. The molecule has 3 saturated heterocycles. The predicted octanol–water partition coefficient (Wildman–Crippen LogP) is 19.1. The minimum atomic E-state index is -1.75. The number of nitrogens with zero attached hydrogens (tertiary/aromatic N) is 18. The van der Waals surface area contributed by atoms with Crippen molar-refractivity contribution in [3.05, 3.63) is 255 Å². The van der Waals surface area contributed by atoms with Crippen LogP contribution in [0.25, 0.3) is 83.9 Å². The fraction of sp³-hybridized carbons (Fsp3) is 0.258. The van der Waals surface area contributed by atoms with E-state index in [1.807, 2.05) is 59.8 Å². The second kappa shape index (κ2) is 39.8. The van der Waals surface area contributed by atoms with Gasteiger partial charge < -0.3 is 44.7 Å². The van der Waals surface area contributed by atoms with Gasteiger partial charge in [-0.2, -0.15) is 15.8 Å². The normalized spacial score (nSPS) is 13.4. The summed E-state index contributed by atoms with van der Waals surface area (Å²) in [7, 11) is 0. The fourth-order valence-electron chi connectivity index (χ4n) is 16.4. The molecule has 0 aliphatic carbocycles. The number of rotatable bonds is 15. The SMILES string of the molecule is C=CC(=O)N1CCN(c2c(C#N)c(=O)n(-c3c(C)ccnc3C(C)C)c3nc(-c4c(F)c(O)c(Cl)c(F)c4F)c(Cl)cc23)CC1.C=CC(=O)N1CCN(c2c(C#N)c(=O)n(-c3c(C)ccnc3C(C)C)c3nc(-c4c(F)c(O)c(F)c(Cl)c4Cl)c(Cl)cc23)CC1.C=CC(=O)N1CCN(c2c(C#N)c(=O)n(-c3c(C)ccnc3C(C)C)c3nc(-c4c(F)c(O)c(F)c(Cl)c4Cl)c(Cl)cc23)CC1. The minimum Gasteiger partial charge on any atom is -0.504 e. The number of hydrogen-bond acceptors (Lipinski definition) is 21. The van der Waals surface area contributed by atoms with Gasteiger partial charge in [-0.25, -0.2) is 45.7 Å². The lowest BCUT2D eigenvalue weighted by Crippen LogP contribution is -2.49. The monoisotopic (exact) mass is 2000 g/mol. The quantitative estimate of drug-likeness (QED) is 0.0371. The highest BCUT2D eigenvalue weighted by Crippen LogP contribution is 2.50. The molecule has 3 aliphatic heterocycles. The Morgan fingerprint density at radius 1 is 0.378 bits per heavy atom. The maximum Gasteiger partial charge on any atom is 0.276 e. The summed E-state index contributed by atoms with van der Waals surface area (Å²) in [5, 5.41) is 57.5. The molecule has 15 rings (SSSR count). The summed E-state index contributed by atoms with van der Waals surface area (Å²) in [5.74, 6) is -16.4. The van der Waals surface area contributed by atoms with E-state index in [-0.39, 0.29) is 207 Å². The summed E-state index contributed by atoms with van der Waals surface area (Å²) in [6.07, 6.45) is 8.37. The van der Waals surface area contributed by atoms with Gasteiger partial charge >= 0.3 is 0 Å². The van der Waals surface area contributed by atoms with E-state index < -0.39 is 122 Å². The van der Waals surface area contributed by atoms with Gasteiger partial charge in [0, 0.05) is 113 Å². The number of aromatic hydroxyl groups is 3. The van der Waals surface area contributed by atoms with Crippen molar-refractivity contribution in [3.63, 3.8) is 0 Å². The first-order valence-corrected chi connectivity index (χ1v) is 44.1. The van der Waals surface area contributed by atoms with Crippen molar-refractivity contribution in [2.45, 2.75) is 80.1 Å². The van der Waals surface area contributed by atoms with E-state index in [1.54, 1.807) is 87.0 Å². The van der Waals surface area contributed by atoms with E-state index in [0.717, 1.165) is 4.57 Å². The second-order valence-corrected chi connectivity index (χ2v) is 35.1. The first-order valence-electron chi connectivity index (χ1n) is 41.1. The zero-order chi connectivity index (χ0) is 98.7. The Labute approximate surface area is 804 Å². The van der Waals surface area contributed by atoms with Crippen LogP contribution in [0, 0.1) is 95.5 Å². The molecule has 0 radical (unpaired) electrons. The molecule has 0 bridgehead atoms. The topological polar surface area (TPSA) is 346 Å². The van der Waals surface area contributed by atoms with E-state index in [9.17, 15) is 73.0 Å². The number of halogens is 15. The lowest BCUT2D eigenvalue weighted by atomic mass is 10.0. The molecular weight excluding hydrogens is 1930 g/mol. The number of piperazine rings is 3. The molecular formula is C93H75Cl8F7N18O9. The van der Waals surface area contributed by atoms with Gasteiger partial charge in [0.25, 0.3) is 16.7 Å². The third-order valence-electron chi connectivity index (χ3n) is 23.0. The maximum absolute atomic E-state index is 15.4. The summed E-state index contributed by atoms with van der Waals surface area (Å²) in [4.78, 5) is 117. The molecule has 3 aliphatic rings. The van der Waals surface area contributed by atoms with Gasteiger partial charge in [-0.05, 0) is 110 Å². The van der Waals surface area contributed by atoms with E-state index in [2.05, 4.69) is 49.6 Å². The number of hydrogen-bond donors (Lipinski definition) is 3. The number of aromatic nitrogens is 9. The smallest absolute Gasteiger partial charge is 0.276 e. The fourth-order valence-corrected chi connectivity index (χ4v) is 18.2. The van der Waals surface area contributed by atoms with Crippen LogP contribution in [0.3, 0.4) is 0 Å². The Kier molecular flexibility index (Phi) is 29.3. The Bertz CT molecular complexity index is 6650. The van der Waals surface area contributed by atoms with Crippen molar-refractivity contribution in [1.82, 2.24) is 58.3 Å². The number of anilines is 3. The van der Waals surface area contributed by atoms with Crippen LogP contribution in [0.15, 0.2) is 107 Å². The van der Waals surface area contributed by atoms with E-state index in [0.29, 0.717) is 50.8 Å². The molecule has 0 atom stereocenters. The molecule has 27 nitrogen and oxygen atoms in total. The molecule has 9 aromatic heterocycles. The number of aryl methyl sites for hydroxylation is 3. The van der Waals surface area contributed by atoms with Gasteiger partial charge in [-0.15, -0.1) is 0 Å². The molecule has 12 aromatic rings. The number of amides is 3. The largest absolute Gasteiger partial charge is 0.504 e. The lowest BCUT2D eigenvalue weighted by molar-refractivity contribution is -0.127. The number of phenolic OH excluding ortho intramolecular Hbond substituents is 3. The Balaban J connectivity index is 0.000000171. The predicted molar refractivity (Wildman–Crippen MR) is 504 cm³/mol. The first-order chi connectivity index (χ1) is 64.0. The summed E-state index contributed by atoms with van der Waals surface area (Å²) in [5.41, 5.74) is -1.74. The summed E-state index contributed by atoms with van der Waals surface area (Å²) < 4.78 is 108. The van der Waals surface area contributed by atoms with Gasteiger partial charge in [0.05, 0.1) is 120 Å². The number of phenols is 3. The van der Waals surface area contributed by atoms with Crippen LogP contribution in [-0.2, 0) is 14.4 Å². The molecule has 3 N–H and O–H groups in total. The highest BCUT2D eigenvalue weighted by molar-refractivity contribution is 6.45. The average Bonchev–Trinajstić information content (AvgIpc) is 0.728. The van der Waals surface area contributed by atoms with Crippen molar-refractivity contribution in [2.75, 3.05) is 93.2 Å². The van der Waals surface area contributed by atoms with E-state index in [4.69, 9.17) is 92.8 Å².